The molecule has 0 spiro atoms. The highest BCUT2D eigenvalue weighted by atomic mass is 19.1. The first-order valence-electron chi connectivity index (χ1n) is 7.12. The van der Waals surface area contributed by atoms with Crippen molar-refractivity contribution >= 4 is 22.6 Å². The Morgan fingerprint density at radius 1 is 1.12 bits per heavy atom. The molecule has 1 amide bonds. The van der Waals surface area contributed by atoms with Crippen LogP contribution in [-0.4, -0.2) is 31.1 Å². The van der Waals surface area contributed by atoms with Crippen molar-refractivity contribution in [2.24, 2.45) is 0 Å². The van der Waals surface area contributed by atoms with Crippen LogP contribution in [0.25, 0.3) is 16.7 Å². The SMILES string of the molecule is O=C(Nc1ccc(-n2cccn2)c(F)c1)c1ccc2n[nH]nc2c1. The average Bonchev–Trinajstić information content (AvgIpc) is 3.25. The van der Waals surface area contributed by atoms with Gasteiger partial charge in [0.25, 0.3) is 5.91 Å². The minimum absolute atomic E-state index is 0.307. The van der Waals surface area contributed by atoms with Crippen LogP contribution in [-0.2, 0) is 0 Å². The van der Waals surface area contributed by atoms with Crippen LogP contribution in [0.2, 0.25) is 0 Å². The van der Waals surface area contributed by atoms with Crippen molar-refractivity contribution < 1.29 is 9.18 Å². The molecule has 118 valence electrons. The van der Waals surface area contributed by atoms with E-state index < -0.39 is 5.82 Å². The van der Waals surface area contributed by atoms with Gasteiger partial charge in [-0.2, -0.15) is 20.5 Å². The lowest BCUT2D eigenvalue weighted by Gasteiger charge is -2.08. The lowest BCUT2D eigenvalue weighted by Crippen LogP contribution is -2.12. The number of rotatable bonds is 3. The third-order valence-corrected chi connectivity index (χ3v) is 3.54. The van der Waals surface area contributed by atoms with E-state index in [-0.39, 0.29) is 5.91 Å². The highest BCUT2D eigenvalue weighted by Gasteiger charge is 2.11. The summed E-state index contributed by atoms with van der Waals surface area (Å²) in [6, 6.07) is 11.1. The molecule has 4 aromatic rings. The number of carbonyl (C=O) groups excluding carboxylic acids is 1. The first-order chi connectivity index (χ1) is 11.7. The van der Waals surface area contributed by atoms with Gasteiger partial charge in [-0.25, -0.2) is 9.07 Å². The molecule has 8 heteroatoms. The molecule has 0 aliphatic carbocycles. The van der Waals surface area contributed by atoms with Gasteiger partial charge in [-0.3, -0.25) is 4.79 Å². The topological polar surface area (TPSA) is 88.5 Å². The van der Waals surface area contributed by atoms with Crippen molar-refractivity contribution in [2.75, 3.05) is 5.32 Å². The number of hydrogen-bond acceptors (Lipinski definition) is 4. The zero-order valence-corrected chi connectivity index (χ0v) is 12.3. The Labute approximate surface area is 135 Å². The minimum Gasteiger partial charge on any atom is -0.322 e. The van der Waals surface area contributed by atoms with Gasteiger partial charge in [-0.05, 0) is 42.5 Å². The zero-order chi connectivity index (χ0) is 16.5. The van der Waals surface area contributed by atoms with Crippen molar-refractivity contribution in [1.82, 2.24) is 25.2 Å². The molecule has 2 N–H and O–H groups in total. The molecular weight excluding hydrogens is 311 g/mol. The van der Waals surface area contributed by atoms with Crippen LogP contribution in [0.3, 0.4) is 0 Å². The molecule has 0 atom stereocenters. The molecule has 2 heterocycles. The molecule has 0 aliphatic heterocycles. The van der Waals surface area contributed by atoms with Crippen LogP contribution in [0.4, 0.5) is 10.1 Å². The Morgan fingerprint density at radius 3 is 2.79 bits per heavy atom. The summed E-state index contributed by atoms with van der Waals surface area (Å²) in [5, 5.41) is 17.0. The minimum atomic E-state index is -0.483. The summed E-state index contributed by atoms with van der Waals surface area (Å²) in [4.78, 5) is 12.3. The maximum atomic E-state index is 14.2. The Balaban J connectivity index is 1.58. The van der Waals surface area contributed by atoms with Crippen molar-refractivity contribution in [2.45, 2.75) is 0 Å². The van der Waals surface area contributed by atoms with E-state index in [0.717, 1.165) is 0 Å². The van der Waals surface area contributed by atoms with Crippen molar-refractivity contribution in [1.29, 1.82) is 0 Å². The molecule has 0 saturated heterocycles. The molecule has 0 unspecified atom stereocenters. The number of carbonyl (C=O) groups is 1. The van der Waals surface area contributed by atoms with E-state index in [1.54, 1.807) is 48.8 Å². The first kappa shape index (κ1) is 14.1. The zero-order valence-electron chi connectivity index (χ0n) is 12.3. The Bertz CT molecular complexity index is 1020. The molecule has 2 aromatic heterocycles. The number of fused-ring (bicyclic) bond motifs is 1. The molecule has 0 bridgehead atoms. The maximum absolute atomic E-state index is 14.2. The van der Waals surface area contributed by atoms with Gasteiger partial charge in [-0.15, -0.1) is 0 Å². The fourth-order valence-electron chi connectivity index (χ4n) is 2.37. The summed E-state index contributed by atoms with van der Waals surface area (Å²) in [5.74, 6) is -0.838. The number of nitrogens with zero attached hydrogens (tertiary/aromatic N) is 4. The summed E-state index contributed by atoms with van der Waals surface area (Å²) in [6.07, 6.45) is 3.21. The van der Waals surface area contributed by atoms with Gasteiger partial charge in [-0.1, -0.05) is 0 Å². The molecular formula is C16H11FN6O. The summed E-state index contributed by atoms with van der Waals surface area (Å²) in [6.45, 7) is 0. The number of halogens is 1. The average molecular weight is 322 g/mol. The maximum Gasteiger partial charge on any atom is 0.255 e. The number of amides is 1. The molecule has 0 radical (unpaired) electrons. The lowest BCUT2D eigenvalue weighted by molar-refractivity contribution is 0.102. The van der Waals surface area contributed by atoms with E-state index in [2.05, 4.69) is 25.8 Å². The molecule has 7 nitrogen and oxygen atoms in total. The van der Waals surface area contributed by atoms with Gasteiger partial charge in [0.05, 0.1) is 0 Å². The third kappa shape index (κ3) is 2.50. The number of anilines is 1. The summed E-state index contributed by atoms with van der Waals surface area (Å²) < 4.78 is 15.6. The van der Waals surface area contributed by atoms with Crippen LogP contribution in [0.5, 0.6) is 0 Å². The molecule has 24 heavy (non-hydrogen) atoms. The van der Waals surface area contributed by atoms with Crippen LogP contribution in [0.1, 0.15) is 10.4 Å². The second-order valence-corrected chi connectivity index (χ2v) is 5.10. The monoisotopic (exact) mass is 322 g/mol. The largest absolute Gasteiger partial charge is 0.322 e. The van der Waals surface area contributed by atoms with Gasteiger partial charge >= 0.3 is 0 Å². The summed E-state index contributed by atoms with van der Waals surface area (Å²) in [7, 11) is 0. The number of nitrogens with one attached hydrogen (secondary N) is 2. The molecule has 0 aliphatic rings. The predicted octanol–water partition coefficient (Wildman–Crippen LogP) is 2.53. The van der Waals surface area contributed by atoms with Crippen molar-refractivity contribution in [3.05, 3.63) is 66.2 Å². The van der Waals surface area contributed by atoms with Gasteiger partial charge in [0.1, 0.15) is 16.7 Å². The molecule has 4 rings (SSSR count). The fourth-order valence-corrected chi connectivity index (χ4v) is 2.37. The third-order valence-electron chi connectivity index (χ3n) is 3.54. The second-order valence-electron chi connectivity index (χ2n) is 5.10. The van der Waals surface area contributed by atoms with Gasteiger partial charge in [0.2, 0.25) is 0 Å². The number of benzene rings is 2. The van der Waals surface area contributed by atoms with E-state index in [4.69, 9.17) is 0 Å². The van der Waals surface area contributed by atoms with E-state index in [9.17, 15) is 9.18 Å². The summed E-state index contributed by atoms with van der Waals surface area (Å²) >= 11 is 0. The van der Waals surface area contributed by atoms with Crippen LogP contribution < -0.4 is 5.32 Å². The van der Waals surface area contributed by atoms with Crippen LogP contribution in [0.15, 0.2) is 54.9 Å². The number of hydrogen-bond donors (Lipinski definition) is 2. The summed E-state index contributed by atoms with van der Waals surface area (Å²) in [5.41, 5.74) is 2.33. The normalized spacial score (nSPS) is 10.9. The molecule has 0 saturated carbocycles. The fraction of sp³-hybridized carbons (Fsp3) is 0. The molecule has 0 fully saturated rings. The number of aromatic nitrogens is 5. The number of aromatic amines is 1. The Kier molecular flexibility index (Phi) is 3.27. The van der Waals surface area contributed by atoms with Gasteiger partial charge in [0, 0.05) is 23.6 Å². The molecule has 2 aromatic carbocycles. The van der Waals surface area contributed by atoms with Crippen molar-refractivity contribution in [3.63, 3.8) is 0 Å². The van der Waals surface area contributed by atoms with E-state index >= 15 is 0 Å². The van der Waals surface area contributed by atoms with Crippen molar-refractivity contribution in [3.8, 4) is 5.69 Å². The number of H-pyrrole nitrogens is 1. The lowest BCUT2D eigenvalue weighted by atomic mass is 10.2. The Hall–Kier alpha value is -3.55. The highest BCUT2D eigenvalue weighted by molar-refractivity contribution is 6.05. The predicted molar refractivity (Wildman–Crippen MR) is 85.4 cm³/mol. The van der Waals surface area contributed by atoms with Crippen LogP contribution in [0, 0.1) is 5.82 Å². The first-order valence-corrected chi connectivity index (χ1v) is 7.12. The standard InChI is InChI=1S/C16H11FN6O/c17-12-9-11(3-5-15(12)23-7-1-6-18-23)19-16(24)10-2-4-13-14(8-10)21-22-20-13/h1-9H,(H,19,24)(H,20,21,22). The van der Waals surface area contributed by atoms with E-state index in [0.29, 0.717) is 28.0 Å². The highest BCUT2D eigenvalue weighted by Crippen LogP contribution is 2.19. The Morgan fingerprint density at radius 2 is 2.00 bits per heavy atom. The van der Waals surface area contributed by atoms with Gasteiger partial charge < -0.3 is 5.32 Å². The van der Waals surface area contributed by atoms with Crippen LogP contribution >= 0.6 is 0 Å². The van der Waals surface area contributed by atoms with E-state index in [1.165, 1.54) is 10.7 Å². The second kappa shape index (κ2) is 5.58. The smallest absolute Gasteiger partial charge is 0.255 e. The quantitative estimate of drug-likeness (QED) is 0.606. The van der Waals surface area contributed by atoms with E-state index in [1.807, 2.05) is 0 Å². The van der Waals surface area contributed by atoms with Gasteiger partial charge in [0.15, 0.2) is 5.82 Å².